The zero-order chi connectivity index (χ0) is 7.15. The van der Waals surface area contributed by atoms with E-state index in [4.69, 9.17) is 20.1 Å². The Balaban J connectivity index is -0.0000000300. The Morgan fingerprint density at radius 3 is 1.50 bits per heavy atom. The second-order valence-corrected chi connectivity index (χ2v) is 0.640. The van der Waals surface area contributed by atoms with Crippen molar-refractivity contribution < 1.29 is 20.6 Å². The monoisotopic (exact) mass is 158 g/mol. The first kappa shape index (κ1) is 23.8. The molecule has 0 atom stereocenters. The van der Waals surface area contributed by atoms with Crippen molar-refractivity contribution in [3.63, 3.8) is 0 Å². The van der Waals surface area contributed by atoms with E-state index in [-0.39, 0.29) is 11.6 Å². The van der Waals surface area contributed by atoms with Gasteiger partial charge in [0.2, 0.25) is 0 Å². The second-order valence-electron chi connectivity index (χ2n) is 0.640. The van der Waals surface area contributed by atoms with Gasteiger partial charge in [0.1, 0.15) is 0 Å². The molecule has 0 aliphatic rings. The predicted octanol–water partition coefficient (Wildman–Crippen LogP) is -1.99. The van der Waals surface area contributed by atoms with Crippen molar-refractivity contribution in [3.05, 3.63) is 10.1 Å². The molecule has 64 valence electrons. The van der Waals surface area contributed by atoms with E-state index in [2.05, 4.69) is 11.5 Å². The van der Waals surface area contributed by atoms with Crippen LogP contribution < -0.4 is 17.6 Å². The molecular weight excluding hydrogens is 148 g/mol. The fourth-order valence-corrected chi connectivity index (χ4v) is 0. The molecule has 0 spiro atoms. The van der Waals surface area contributed by atoms with Crippen molar-refractivity contribution in [1.82, 2.24) is 6.15 Å². The topological polar surface area (TPSA) is 199 Å². The highest BCUT2D eigenvalue weighted by Crippen LogP contribution is 1.38. The van der Waals surface area contributed by atoms with Gasteiger partial charge >= 0.3 is 6.03 Å². The van der Waals surface area contributed by atoms with Gasteiger partial charge in [-0.3, -0.25) is 0 Å². The fourth-order valence-electron chi connectivity index (χ4n) is 0. The Bertz CT molecular complexity index is 71.6. The Morgan fingerprint density at radius 1 is 1.50 bits per heavy atom. The molecule has 0 rings (SSSR count). The largest absolute Gasteiger partial charge is 0.412 e. The molecule has 0 heterocycles. The van der Waals surface area contributed by atoms with Crippen molar-refractivity contribution >= 4 is 6.03 Å². The molecule has 0 saturated carbocycles. The Hall–Kier alpha value is -1.61. The summed E-state index contributed by atoms with van der Waals surface area (Å²) in [6.07, 6.45) is 0. The standard InChI is InChI=1S/CH4N2O.HNO3.H3N.H2O/c2*2-1(3)4;;/h(H4,2,3,4);(H,2,3,4);1H3;1H2. The lowest BCUT2D eigenvalue weighted by molar-refractivity contribution is -0.742. The minimum absolute atomic E-state index is 0. The average molecular weight is 158 g/mol. The predicted molar refractivity (Wildman–Crippen MR) is 31.2 cm³/mol. The highest BCUT2D eigenvalue weighted by atomic mass is 16.9. The van der Waals surface area contributed by atoms with E-state index in [9.17, 15) is 0 Å². The van der Waals surface area contributed by atoms with Crippen LogP contribution in [0.2, 0.25) is 0 Å². The van der Waals surface area contributed by atoms with E-state index < -0.39 is 11.1 Å². The summed E-state index contributed by atoms with van der Waals surface area (Å²) >= 11 is 0. The molecule has 10 N–H and O–H groups in total. The van der Waals surface area contributed by atoms with Gasteiger partial charge in [-0.25, -0.2) is 4.79 Å². The number of carbonyl (C=O) groups excluding carboxylic acids is 1. The lowest BCUT2D eigenvalue weighted by Gasteiger charge is -1.62. The third kappa shape index (κ3) is 71.6. The number of carbonyl (C=O) groups is 1. The SMILES string of the molecule is N.NC(N)=O.O.O=[N+]([O-])O. The van der Waals surface area contributed by atoms with Crippen LogP contribution in [0.3, 0.4) is 0 Å². The van der Waals surface area contributed by atoms with E-state index >= 15 is 0 Å². The number of urea groups is 1. The van der Waals surface area contributed by atoms with Gasteiger partial charge < -0.3 is 28.3 Å². The Morgan fingerprint density at radius 2 is 1.50 bits per heavy atom. The van der Waals surface area contributed by atoms with Crippen LogP contribution in [-0.4, -0.2) is 21.8 Å². The normalized spacial score (nSPS) is 4.80. The van der Waals surface area contributed by atoms with E-state index in [1.54, 1.807) is 0 Å². The molecule has 9 nitrogen and oxygen atoms in total. The highest BCUT2D eigenvalue weighted by molar-refractivity contribution is 5.69. The molecule has 0 aromatic rings. The minimum Gasteiger partial charge on any atom is -0.412 e. The molecule has 0 fully saturated rings. The van der Waals surface area contributed by atoms with Crippen LogP contribution >= 0.6 is 0 Å². The number of hydrogen-bond acceptors (Lipinski definition) is 4. The average Bonchev–Trinajstić information content (AvgIpc) is 1.25. The number of primary amides is 2. The van der Waals surface area contributed by atoms with Crippen LogP contribution in [0.25, 0.3) is 0 Å². The molecule has 0 aliphatic heterocycles. The van der Waals surface area contributed by atoms with Crippen molar-refractivity contribution in [2.75, 3.05) is 0 Å². The maximum absolute atomic E-state index is 9.00. The summed E-state index contributed by atoms with van der Waals surface area (Å²) in [5.41, 5.74) is 8.50. The Labute approximate surface area is 55.6 Å². The Kier molecular flexibility index (Phi) is 37.2. The molecule has 0 unspecified atom stereocenters. The second kappa shape index (κ2) is 15.7. The molecule has 0 saturated heterocycles. The molecule has 10 heavy (non-hydrogen) atoms. The summed E-state index contributed by atoms with van der Waals surface area (Å²) in [5, 5.41) is 13.6. The molecular formula is CH10N4O5. The van der Waals surface area contributed by atoms with Gasteiger partial charge in [0, 0.05) is 0 Å². The van der Waals surface area contributed by atoms with Crippen LogP contribution in [0.4, 0.5) is 4.79 Å². The van der Waals surface area contributed by atoms with Crippen molar-refractivity contribution in [2.45, 2.75) is 0 Å². The molecule has 9 heteroatoms. The van der Waals surface area contributed by atoms with Crippen LogP contribution in [0, 0.1) is 10.1 Å². The number of nitrogens with two attached hydrogens (primary N) is 2. The zero-order valence-corrected chi connectivity index (χ0v) is 4.98. The smallest absolute Gasteiger partial charge is 0.309 e. The molecule has 0 bridgehead atoms. The number of hydrogen-bond donors (Lipinski definition) is 4. The van der Waals surface area contributed by atoms with Gasteiger partial charge in [-0.2, -0.15) is 0 Å². The first-order valence-electron chi connectivity index (χ1n) is 1.35. The highest BCUT2D eigenvalue weighted by Gasteiger charge is 1.65. The van der Waals surface area contributed by atoms with Crippen LogP contribution in [-0.2, 0) is 0 Å². The first-order valence-corrected chi connectivity index (χ1v) is 1.35. The van der Waals surface area contributed by atoms with E-state index in [1.165, 1.54) is 0 Å². The van der Waals surface area contributed by atoms with Crippen molar-refractivity contribution in [1.29, 1.82) is 0 Å². The van der Waals surface area contributed by atoms with Crippen molar-refractivity contribution in [3.8, 4) is 0 Å². The van der Waals surface area contributed by atoms with Crippen LogP contribution in [0.1, 0.15) is 0 Å². The molecule has 0 aliphatic carbocycles. The van der Waals surface area contributed by atoms with Gasteiger partial charge in [-0.15, -0.1) is 10.1 Å². The molecule has 0 aromatic carbocycles. The number of amides is 2. The van der Waals surface area contributed by atoms with Gasteiger partial charge in [-0.1, -0.05) is 0 Å². The van der Waals surface area contributed by atoms with Gasteiger partial charge in [-0.05, 0) is 0 Å². The fraction of sp³-hybridized carbons (Fsp3) is 0. The maximum atomic E-state index is 9.00. The van der Waals surface area contributed by atoms with Gasteiger partial charge in [0.05, 0.1) is 0 Å². The van der Waals surface area contributed by atoms with Crippen molar-refractivity contribution in [2.24, 2.45) is 11.5 Å². The summed E-state index contributed by atoms with van der Waals surface area (Å²) in [6, 6.07) is -0.833. The van der Waals surface area contributed by atoms with Gasteiger partial charge in [0.15, 0.2) is 0 Å². The molecule has 2 amide bonds. The summed E-state index contributed by atoms with van der Waals surface area (Å²) < 4.78 is 0. The van der Waals surface area contributed by atoms with Gasteiger partial charge in [0.25, 0.3) is 5.09 Å². The third-order valence-electron chi connectivity index (χ3n) is 0. The van der Waals surface area contributed by atoms with E-state index in [1.807, 2.05) is 0 Å². The van der Waals surface area contributed by atoms with Crippen LogP contribution in [0.15, 0.2) is 0 Å². The summed E-state index contributed by atoms with van der Waals surface area (Å²) in [5.74, 6) is 0. The molecule has 0 radical (unpaired) electrons. The lowest BCUT2D eigenvalue weighted by Crippen LogP contribution is -2.18. The lowest BCUT2D eigenvalue weighted by atomic mass is 11.2. The number of rotatable bonds is 0. The maximum Gasteiger partial charge on any atom is 0.309 e. The molecule has 0 aromatic heterocycles. The van der Waals surface area contributed by atoms with E-state index in [0.29, 0.717) is 0 Å². The quantitative estimate of drug-likeness (QED) is 0.233. The number of nitrogens with zero attached hydrogens (tertiary/aromatic N) is 1. The summed E-state index contributed by atoms with van der Waals surface area (Å²) in [4.78, 5) is 17.4. The summed E-state index contributed by atoms with van der Waals surface area (Å²) in [7, 11) is 0. The van der Waals surface area contributed by atoms with E-state index in [0.717, 1.165) is 0 Å². The summed E-state index contributed by atoms with van der Waals surface area (Å²) in [6.45, 7) is 0. The zero-order valence-electron chi connectivity index (χ0n) is 4.98. The third-order valence-corrected chi connectivity index (χ3v) is 0. The first-order chi connectivity index (χ1) is 3.46. The van der Waals surface area contributed by atoms with Crippen LogP contribution in [0.5, 0.6) is 0 Å². The minimum atomic E-state index is -1.50.